The largest absolute Gasteiger partial charge is 0.316 e. The molecule has 5 heteroatoms. The first kappa shape index (κ1) is 12.3. The number of aryl methyl sites for hydroxylation is 2. The molecule has 2 N–H and O–H groups in total. The van der Waals surface area contributed by atoms with Gasteiger partial charge < -0.3 is 5.32 Å². The molecule has 1 aliphatic heterocycles. The molecule has 1 atom stereocenters. The molecule has 0 unspecified atom stereocenters. The summed E-state index contributed by atoms with van der Waals surface area (Å²) >= 11 is 0. The Kier molecular flexibility index (Phi) is 3.29. The number of hydrogen-bond donors (Lipinski definition) is 2. The molecule has 0 aliphatic carbocycles. The minimum Gasteiger partial charge on any atom is -0.316 e. The van der Waals surface area contributed by atoms with Crippen LogP contribution < -0.4 is 5.32 Å². The van der Waals surface area contributed by atoms with Gasteiger partial charge in [0.2, 0.25) is 0 Å². The molecule has 1 saturated heterocycles. The van der Waals surface area contributed by atoms with Crippen molar-refractivity contribution in [3.05, 3.63) is 29.3 Å². The number of aromatic amines is 1. The fourth-order valence-corrected chi connectivity index (χ4v) is 2.53. The number of hydrogen-bond acceptors (Lipinski definition) is 4. The van der Waals surface area contributed by atoms with Crippen molar-refractivity contribution in [1.82, 2.24) is 25.5 Å². The Hall–Kier alpha value is -1.75. The van der Waals surface area contributed by atoms with E-state index in [-0.39, 0.29) is 0 Å². The highest BCUT2D eigenvalue weighted by molar-refractivity contribution is 5.54. The monoisotopic (exact) mass is 257 g/mol. The maximum atomic E-state index is 4.71. The first-order valence-corrected chi connectivity index (χ1v) is 6.81. The molecule has 0 aromatic carbocycles. The molecule has 0 spiro atoms. The molecular formula is C14H19N5. The number of piperidine rings is 1. The summed E-state index contributed by atoms with van der Waals surface area (Å²) in [7, 11) is 0. The van der Waals surface area contributed by atoms with E-state index in [2.05, 4.69) is 20.5 Å². The standard InChI is InChI=1S/C14H19N5/c1-9-6-12(13-7-10(2)18-19-13)17-14(16-9)11-4-3-5-15-8-11/h6-7,11,15H,3-5,8H2,1-2H3,(H,18,19)/t11-/m0/s1. The van der Waals surface area contributed by atoms with Gasteiger partial charge >= 0.3 is 0 Å². The third-order valence-electron chi connectivity index (χ3n) is 3.50. The van der Waals surface area contributed by atoms with Gasteiger partial charge in [-0.15, -0.1) is 0 Å². The van der Waals surface area contributed by atoms with E-state index in [0.717, 1.165) is 48.1 Å². The number of nitrogens with zero attached hydrogens (tertiary/aromatic N) is 3. The molecule has 0 saturated carbocycles. The van der Waals surface area contributed by atoms with Crippen molar-refractivity contribution < 1.29 is 0 Å². The molecular weight excluding hydrogens is 238 g/mol. The first-order chi connectivity index (χ1) is 9.22. The van der Waals surface area contributed by atoms with Gasteiger partial charge in [0, 0.05) is 23.9 Å². The predicted octanol–water partition coefficient (Wildman–Crippen LogP) is 1.95. The zero-order valence-electron chi connectivity index (χ0n) is 11.4. The normalized spacial score (nSPS) is 19.6. The van der Waals surface area contributed by atoms with Crippen LogP contribution >= 0.6 is 0 Å². The zero-order valence-corrected chi connectivity index (χ0v) is 11.4. The molecule has 3 heterocycles. The van der Waals surface area contributed by atoms with Crippen molar-refractivity contribution in [2.45, 2.75) is 32.6 Å². The van der Waals surface area contributed by atoms with Gasteiger partial charge in [-0.25, -0.2) is 9.97 Å². The topological polar surface area (TPSA) is 66.5 Å². The third-order valence-corrected chi connectivity index (χ3v) is 3.50. The highest BCUT2D eigenvalue weighted by Gasteiger charge is 2.19. The van der Waals surface area contributed by atoms with Crippen LogP contribution in [-0.2, 0) is 0 Å². The van der Waals surface area contributed by atoms with Crippen LogP contribution in [0.1, 0.15) is 36.0 Å². The highest BCUT2D eigenvalue weighted by Crippen LogP contribution is 2.23. The van der Waals surface area contributed by atoms with Crippen LogP contribution in [0.4, 0.5) is 0 Å². The van der Waals surface area contributed by atoms with Crippen LogP contribution in [0, 0.1) is 13.8 Å². The lowest BCUT2D eigenvalue weighted by molar-refractivity contribution is 0.446. The highest BCUT2D eigenvalue weighted by atomic mass is 15.1. The Balaban J connectivity index is 1.95. The van der Waals surface area contributed by atoms with Crippen LogP contribution in [0.3, 0.4) is 0 Å². The van der Waals surface area contributed by atoms with Gasteiger partial charge in [0.15, 0.2) is 0 Å². The van der Waals surface area contributed by atoms with Crippen molar-refractivity contribution in [2.75, 3.05) is 13.1 Å². The van der Waals surface area contributed by atoms with Crippen LogP contribution in [-0.4, -0.2) is 33.3 Å². The first-order valence-electron chi connectivity index (χ1n) is 6.81. The minimum atomic E-state index is 0.424. The lowest BCUT2D eigenvalue weighted by Gasteiger charge is -2.21. The average Bonchev–Trinajstić information content (AvgIpc) is 2.86. The molecule has 0 bridgehead atoms. The predicted molar refractivity (Wildman–Crippen MR) is 73.9 cm³/mol. The van der Waals surface area contributed by atoms with Gasteiger partial charge in [-0.1, -0.05) is 0 Å². The van der Waals surface area contributed by atoms with E-state index >= 15 is 0 Å². The fourth-order valence-electron chi connectivity index (χ4n) is 2.53. The second-order valence-electron chi connectivity index (χ2n) is 5.23. The Morgan fingerprint density at radius 2 is 2.05 bits per heavy atom. The molecule has 0 radical (unpaired) electrons. The van der Waals surface area contributed by atoms with E-state index < -0.39 is 0 Å². The van der Waals surface area contributed by atoms with Crippen LogP contribution in [0.2, 0.25) is 0 Å². The molecule has 2 aromatic heterocycles. The molecule has 5 nitrogen and oxygen atoms in total. The van der Waals surface area contributed by atoms with Crippen molar-refractivity contribution in [3.63, 3.8) is 0 Å². The van der Waals surface area contributed by atoms with Gasteiger partial charge in [0.1, 0.15) is 11.5 Å². The Morgan fingerprint density at radius 1 is 1.16 bits per heavy atom. The zero-order chi connectivity index (χ0) is 13.2. The SMILES string of the molecule is Cc1cc(-c2cc(C)[nH]n2)nc([C@H]2CCCNC2)n1. The number of aromatic nitrogens is 4. The molecule has 2 aromatic rings. The number of nitrogens with one attached hydrogen (secondary N) is 2. The molecule has 19 heavy (non-hydrogen) atoms. The maximum absolute atomic E-state index is 4.71. The second-order valence-corrected chi connectivity index (χ2v) is 5.23. The van der Waals surface area contributed by atoms with Gasteiger partial charge in [-0.05, 0) is 45.4 Å². The van der Waals surface area contributed by atoms with E-state index in [1.807, 2.05) is 26.0 Å². The number of H-pyrrole nitrogens is 1. The molecule has 0 amide bonds. The minimum absolute atomic E-state index is 0.424. The van der Waals surface area contributed by atoms with Gasteiger partial charge in [-0.2, -0.15) is 5.10 Å². The summed E-state index contributed by atoms with van der Waals surface area (Å²) in [6.45, 7) is 6.09. The van der Waals surface area contributed by atoms with Gasteiger partial charge in [0.25, 0.3) is 0 Å². The summed E-state index contributed by atoms with van der Waals surface area (Å²) in [5.74, 6) is 1.37. The Morgan fingerprint density at radius 3 is 2.74 bits per heavy atom. The van der Waals surface area contributed by atoms with Crippen LogP contribution in [0.5, 0.6) is 0 Å². The molecule has 1 fully saturated rings. The van der Waals surface area contributed by atoms with E-state index in [9.17, 15) is 0 Å². The van der Waals surface area contributed by atoms with Crippen molar-refractivity contribution in [1.29, 1.82) is 0 Å². The van der Waals surface area contributed by atoms with E-state index in [1.165, 1.54) is 6.42 Å². The van der Waals surface area contributed by atoms with Crippen LogP contribution in [0.15, 0.2) is 12.1 Å². The summed E-state index contributed by atoms with van der Waals surface area (Å²) in [5.41, 5.74) is 3.86. The summed E-state index contributed by atoms with van der Waals surface area (Å²) < 4.78 is 0. The Labute approximate surface area is 112 Å². The Bertz CT molecular complexity index is 569. The van der Waals surface area contributed by atoms with E-state index in [1.54, 1.807) is 0 Å². The summed E-state index contributed by atoms with van der Waals surface area (Å²) in [6.07, 6.45) is 2.36. The summed E-state index contributed by atoms with van der Waals surface area (Å²) in [4.78, 5) is 9.31. The van der Waals surface area contributed by atoms with Crippen molar-refractivity contribution in [2.24, 2.45) is 0 Å². The molecule has 100 valence electrons. The van der Waals surface area contributed by atoms with Crippen molar-refractivity contribution in [3.8, 4) is 11.4 Å². The summed E-state index contributed by atoms with van der Waals surface area (Å²) in [5, 5.41) is 10.7. The lowest BCUT2D eigenvalue weighted by Crippen LogP contribution is -2.29. The van der Waals surface area contributed by atoms with E-state index in [4.69, 9.17) is 4.98 Å². The van der Waals surface area contributed by atoms with E-state index in [0.29, 0.717) is 5.92 Å². The van der Waals surface area contributed by atoms with Crippen LogP contribution in [0.25, 0.3) is 11.4 Å². The number of rotatable bonds is 2. The second kappa shape index (κ2) is 5.09. The smallest absolute Gasteiger partial charge is 0.133 e. The van der Waals surface area contributed by atoms with Crippen molar-refractivity contribution >= 4 is 0 Å². The third kappa shape index (κ3) is 2.66. The quantitative estimate of drug-likeness (QED) is 0.863. The average molecular weight is 257 g/mol. The summed E-state index contributed by atoms with van der Waals surface area (Å²) in [6, 6.07) is 4.01. The lowest BCUT2D eigenvalue weighted by atomic mass is 9.98. The fraction of sp³-hybridized carbons (Fsp3) is 0.500. The molecule has 1 aliphatic rings. The maximum Gasteiger partial charge on any atom is 0.133 e. The van der Waals surface area contributed by atoms with Gasteiger partial charge in [0.05, 0.1) is 5.69 Å². The van der Waals surface area contributed by atoms with Gasteiger partial charge in [-0.3, -0.25) is 5.10 Å². The molecule has 3 rings (SSSR count).